The first-order valence-electron chi connectivity index (χ1n) is 6.78. The Morgan fingerprint density at radius 2 is 2.25 bits per heavy atom. The van der Waals surface area contributed by atoms with Gasteiger partial charge in [0.1, 0.15) is 0 Å². The van der Waals surface area contributed by atoms with Gasteiger partial charge in [0.05, 0.1) is 5.92 Å². The van der Waals surface area contributed by atoms with Crippen molar-refractivity contribution >= 4 is 38.9 Å². The second-order valence-corrected chi connectivity index (χ2v) is 7.05. The van der Waals surface area contributed by atoms with Crippen LogP contribution in [-0.2, 0) is 11.2 Å². The Labute approximate surface area is 131 Å². The summed E-state index contributed by atoms with van der Waals surface area (Å²) < 4.78 is 1.02. The van der Waals surface area contributed by atoms with Gasteiger partial charge in [0.2, 0.25) is 5.91 Å². The minimum absolute atomic E-state index is 0.00470. The number of carbonyl (C=O) groups excluding carboxylic acids is 1. The lowest BCUT2D eigenvalue weighted by Crippen LogP contribution is -2.23. The molecule has 1 atom stereocenters. The Balaban J connectivity index is 1.79. The smallest absolute Gasteiger partial charge is 0.231 e. The van der Waals surface area contributed by atoms with Gasteiger partial charge in [-0.25, -0.2) is 0 Å². The van der Waals surface area contributed by atoms with E-state index in [1.54, 1.807) is 11.3 Å². The summed E-state index contributed by atoms with van der Waals surface area (Å²) in [7, 11) is 0. The van der Waals surface area contributed by atoms with Gasteiger partial charge in [-0.3, -0.25) is 4.79 Å². The monoisotopic (exact) mass is 349 g/mol. The number of hydrogen-bond donors (Lipinski definition) is 1. The highest BCUT2D eigenvalue weighted by Gasteiger charge is 2.27. The van der Waals surface area contributed by atoms with E-state index in [4.69, 9.17) is 0 Å². The molecule has 1 N–H and O–H groups in total. The predicted octanol–water partition coefficient (Wildman–Crippen LogP) is 4.88. The minimum Gasteiger partial charge on any atom is -0.326 e. The zero-order valence-electron chi connectivity index (χ0n) is 11.3. The molecule has 1 unspecified atom stereocenters. The lowest BCUT2D eigenvalue weighted by atomic mass is 9.87. The van der Waals surface area contributed by atoms with Crippen molar-refractivity contribution in [3.05, 3.63) is 50.1 Å². The van der Waals surface area contributed by atoms with Crippen molar-refractivity contribution in [2.24, 2.45) is 0 Å². The zero-order valence-corrected chi connectivity index (χ0v) is 13.7. The fourth-order valence-corrected chi connectivity index (χ4v) is 4.03. The molecule has 0 spiro atoms. The highest BCUT2D eigenvalue weighted by molar-refractivity contribution is 9.10. The molecule has 0 bridgehead atoms. The first-order valence-corrected chi connectivity index (χ1v) is 8.45. The standard InChI is InChI=1S/C16H16BrNOS/c1-10-5-6-11(9-14(10)17)18-16(19)13-3-2-4-15-12(13)7-8-20-15/h5-9,13H,2-4H2,1H3,(H,18,19). The van der Waals surface area contributed by atoms with Gasteiger partial charge in [-0.1, -0.05) is 22.0 Å². The van der Waals surface area contributed by atoms with E-state index in [2.05, 4.69) is 32.7 Å². The summed E-state index contributed by atoms with van der Waals surface area (Å²) in [5.41, 5.74) is 3.25. The summed E-state index contributed by atoms with van der Waals surface area (Å²) in [6.45, 7) is 2.04. The van der Waals surface area contributed by atoms with Gasteiger partial charge in [0, 0.05) is 15.0 Å². The van der Waals surface area contributed by atoms with Gasteiger partial charge in [0.15, 0.2) is 0 Å². The number of amides is 1. The number of fused-ring (bicyclic) bond motifs is 1. The van der Waals surface area contributed by atoms with Gasteiger partial charge in [-0.2, -0.15) is 0 Å². The van der Waals surface area contributed by atoms with Crippen molar-refractivity contribution < 1.29 is 4.79 Å². The molecule has 0 saturated carbocycles. The van der Waals surface area contributed by atoms with Crippen LogP contribution in [-0.4, -0.2) is 5.91 Å². The molecular weight excluding hydrogens is 334 g/mol. The van der Waals surface area contributed by atoms with Crippen molar-refractivity contribution in [1.29, 1.82) is 0 Å². The van der Waals surface area contributed by atoms with Crippen LogP contribution in [0.5, 0.6) is 0 Å². The van der Waals surface area contributed by atoms with Crippen LogP contribution >= 0.6 is 27.3 Å². The third kappa shape index (κ3) is 2.67. The second kappa shape index (κ2) is 5.70. The zero-order chi connectivity index (χ0) is 14.1. The number of carbonyl (C=O) groups is 1. The fourth-order valence-electron chi connectivity index (χ4n) is 2.66. The molecule has 3 rings (SSSR count). The number of anilines is 1. The lowest BCUT2D eigenvalue weighted by Gasteiger charge is -2.22. The van der Waals surface area contributed by atoms with E-state index in [0.29, 0.717) is 0 Å². The maximum atomic E-state index is 12.5. The van der Waals surface area contributed by atoms with Crippen molar-refractivity contribution in [2.45, 2.75) is 32.1 Å². The fraction of sp³-hybridized carbons (Fsp3) is 0.312. The molecule has 1 aromatic heterocycles. The van der Waals surface area contributed by atoms with Crippen molar-refractivity contribution in [2.75, 3.05) is 5.32 Å². The molecule has 2 nitrogen and oxygen atoms in total. The molecule has 1 aliphatic carbocycles. The Morgan fingerprint density at radius 1 is 1.40 bits per heavy atom. The SMILES string of the molecule is Cc1ccc(NC(=O)C2CCCc3sccc32)cc1Br. The normalized spacial score (nSPS) is 17.6. The summed E-state index contributed by atoms with van der Waals surface area (Å²) >= 11 is 5.27. The number of thiophene rings is 1. The number of rotatable bonds is 2. The van der Waals surface area contributed by atoms with E-state index < -0.39 is 0 Å². The maximum absolute atomic E-state index is 12.5. The average molecular weight is 350 g/mol. The number of nitrogens with one attached hydrogen (secondary N) is 1. The van der Waals surface area contributed by atoms with E-state index in [1.807, 2.05) is 25.1 Å². The third-order valence-corrected chi connectivity index (χ3v) is 5.66. The maximum Gasteiger partial charge on any atom is 0.231 e. The molecular formula is C16H16BrNOS. The van der Waals surface area contributed by atoms with Crippen LogP contribution < -0.4 is 5.32 Å². The molecule has 1 aromatic carbocycles. The van der Waals surface area contributed by atoms with Crippen molar-refractivity contribution in [1.82, 2.24) is 0 Å². The topological polar surface area (TPSA) is 29.1 Å². The van der Waals surface area contributed by atoms with Crippen LogP contribution in [0.15, 0.2) is 34.1 Å². The second-order valence-electron chi connectivity index (χ2n) is 5.20. The predicted molar refractivity (Wildman–Crippen MR) is 87.5 cm³/mol. The van der Waals surface area contributed by atoms with E-state index >= 15 is 0 Å². The van der Waals surface area contributed by atoms with E-state index in [-0.39, 0.29) is 11.8 Å². The third-order valence-electron chi connectivity index (χ3n) is 3.81. The van der Waals surface area contributed by atoms with Gasteiger partial charge in [-0.15, -0.1) is 11.3 Å². The highest BCUT2D eigenvalue weighted by atomic mass is 79.9. The van der Waals surface area contributed by atoms with Gasteiger partial charge < -0.3 is 5.32 Å². The molecule has 20 heavy (non-hydrogen) atoms. The van der Waals surface area contributed by atoms with E-state index in [1.165, 1.54) is 16.0 Å². The van der Waals surface area contributed by atoms with Gasteiger partial charge >= 0.3 is 0 Å². The molecule has 104 valence electrons. The van der Waals surface area contributed by atoms with Crippen molar-refractivity contribution in [3.63, 3.8) is 0 Å². The lowest BCUT2D eigenvalue weighted by molar-refractivity contribution is -0.117. The number of benzene rings is 1. The number of hydrogen-bond acceptors (Lipinski definition) is 2. The Morgan fingerprint density at radius 3 is 3.05 bits per heavy atom. The van der Waals surface area contributed by atoms with Gasteiger partial charge in [0.25, 0.3) is 0 Å². The molecule has 4 heteroatoms. The molecule has 2 aromatic rings. The highest BCUT2D eigenvalue weighted by Crippen LogP contribution is 2.35. The van der Waals surface area contributed by atoms with Crippen LogP contribution in [0.25, 0.3) is 0 Å². The largest absolute Gasteiger partial charge is 0.326 e. The molecule has 0 fully saturated rings. The Kier molecular flexibility index (Phi) is 3.94. The Hall–Kier alpha value is -1.13. The summed E-state index contributed by atoms with van der Waals surface area (Å²) in [5, 5.41) is 5.14. The molecule has 1 aliphatic rings. The molecule has 0 aliphatic heterocycles. The van der Waals surface area contributed by atoms with Gasteiger partial charge in [-0.05, 0) is 60.9 Å². The minimum atomic E-state index is 0.00470. The molecule has 0 saturated heterocycles. The van der Waals surface area contributed by atoms with Crippen LogP contribution in [0.3, 0.4) is 0 Å². The first kappa shape index (κ1) is 13.8. The summed E-state index contributed by atoms with van der Waals surface area (Å²) in [6, 6.07) is 8.03. The molecule has 1 amide bonds. The molecule has 1 heterocycles. The van der Waals surface area contributed by atoms with E-state index in [0.717, 1.165) is 29.4 Å². The van der Waals surface area contributed by atoms with Crippen LogP contribution in [0.1, 0.15) is 34.8 Å². The summed E-state index contributed by atoms with van der Waals surface area (Å²) in [5.74, 6) is 0.116. The van der Waals surface area contributed by atoms with Crippen LogP contribution in [0.4, 0.5) is 5.69 Å². The van der Waals surface area contributed by atoms with Crippen molar-refractivity contribution in [3.8, 4) is 0 Å². The Bertz CT molecular complexity index is 650. The van der Waals surface area contributed by atoms with Crippen LogP contribution in [0.2, 0.25) is 0 Å². The first-order chi connectivity index (χ1) is 9.65. The number of halogens is 1. The quantitative estimate of drug-likeness (QED) is 0.822. The summed E-state index contributed by atoms with van der Waals surface area (Å²) in [6.07, 6.45) is 3.17. The van der Waals surface area contributed by atoms with Crippen LogP contribution in [0, 0.1) is 6.92 Å². The van der Waals surface area contributed by atoms with E-state index in [9.17, 15) is 4.79 Å². The summed E-state index contributed by atoms with van der Waals surface area (Å²) in [4.78, 5) is 13.9. The average Bonchev–Trinajstić information content (AvgIpc) is 2.91. The molecule has 0 radical (unpaired) electrons. The number of aryl methyl sites for hydroxylation is 2.